The fourth-order valence-corrected chi connectivity index (χ4v) is 6.31. The first-order chi connectivity index (χ1) is 17.4. The summed E-state index contributed by atoms with van der Waals surface area (Å²) in [5.74, 6) is 0.0823. The van der Waals surface area contributed by atoms with Gasteiger partial charge in [0.15, 0.2) is 11.5 Å². The maximum Gasteiger partial charge on any atom is 0.305 e. The van der Waals surface area contributed by atoms with E-state index in [-0.39, 0.29) is 16.4 Å². The Balaban J connectivity index is 1.14. The molecule has 36 heavy (non-hydrogen) atoms. The molecule has 0 spiro atoms. The summed E-state index contributed by atoms with van der Waals surface area (Å²) in [5, 5.41) is 20.0. The molecular formula is C29H41N3O3S. The second kappa shape index (κ2) is 12.7. The third-order valence-electron chi connectivity index (χ3n) is 7.57. The van der Waals surface area contributed by atoms with Crippen molar-refractivity contribution in [1.82, 2.24) is 14.8 Å². The zero-order chi connectivity index (χ0) is 25.5. The van der Waals surface area contributed by atoms with Gasteiger partial charge >= 0.3 is 4.87 Å². The molecule has 0 saturated heterocycles. The minimum absolute atomic E-state index is 0.000769. The number of rotatable bonds is 13. The molecule has 0 bridgehead atoms. The van der Waals surface area contributed by atoms with Crippen LogP contribution in [-0.2, 0) is 19.3 Å². The van der Waals surface area contributed by atoms with Crippen LogP contribution >= 0.6 is 11.3 Å². The summed E-state index contributed by atoms with van der Waals surface area (Å²) in [6.07, 6.45) is 9.98. The fourth-order valence-electron chi connectivity index (χ4n) is 5.51. The number of thiazole rings is 1. The molecule has 3 N–H and O–H groups in total. The lowest BCUT2D eigenvalue weighted by molar-refractivity contribution is 0.175. The van der Waals surface area contributed by atoms with Crippen LogP contribution in [0.3, 0.4) is 0 Å². The van der Waals surface area contributed by atoms with Gasteiger partial charge in [-0.05, 0) is 101 Å². The Labute approximate surface area is 218 Å². The Hall–Kier alpha value is -2.35. The fraction of sp³-hybridized carbons (Fsp3) is 0.552. The van der Waals surface area contributed by atoms with Gasteiger partial charge in [-0.1, -0.05) is 43.2 Å². The third kappa shape index (κ3) is 6.90. The second-order valence-corrected chi connectivity index (χ2v) is 11.3. The topological polar surface area (TPSA) is 79.8 Å². The van der Waals surface area contributed by atoms with Gasteiger partial charge in [0.05, 0.1) is 10.2 Å². The molecule has 1 aliphatic carbocycles. The first-order valence-corrected chi connectivity index (χ1v) is 14.3. The average Bonchev–Trinajstić information content (AvgIpc) is 3.25. The Bertz CT molecular complexity index is 1190. The van der Waals surface area contributed by atoms with E-state index in [9.17, 15) is 15.0 Å². The summed E-state index contributed by atoms with van der Waals surface area (Å²) in [6.45, 7) is 6.67. The minimum atomic E-state index is 0.000769. The molecular weight excluding hydrogens is 470 g/mol. The zero-order valence-electron chi connectivity index (χ0n) is 21.8. The van der Waals surface area contributed by atoms with E-state index in [4.69, 9.17) is 0 Å². The summed E-state index contributed by atoms with van der Waals surface area (Å²) >= 11 is 1.29. The molecule has 2 aromatic carbocycles. The molecule has 196 valence electrons. The molecule has 1 aliphatic rings. The lowest BCUT2D eigenvalue weighted by Crippen LogP contribution is -2.40. The van der Waals surface area contributed by atoms with Crippen LogP contribution in [0.1, 0.15) is 62.1 Å². The molecule has 0 saturated carbocycles. The molecule has 0 fully saturated rings. The maximum absolute atomic E-state index is 11.5. The number of unbranched alkanes of at least 4 members (excludes halogenated alkanes) is 3. The van der Waals surface area contributed by atoms with Gasteiger partial charge in [0.2, 0.25) is 0 Å². The standard InChI is InChI=1S/C29H41N3O3S/c1-3-15-32(23-10-11-24-22(20-23)9-13-26(33)28(24)34)17-7-5-4-6-16-31(2)18-14-21-8-12-25-27(19-21)36-29(35)30-25/h8-9,12-13,19,23,33-34H,3-7,10-11,14-18,20H2,1-2H3,(H,30,35)/t23-/m0/s1. The number of aromatic amines is 1. The Morgan fingerprint density at radius 2 is 1.83 bits per heavy atom. The van der Waals surface area contributed by atoms with E-state index in [0.29, 0.717) is 6.04 Å². The molecule has 4 rings (SSSR count). The molecule has 6 nitrogen and oxygen atoms in total. The van der Waals surface area contributed by atoms with Crippen LogP contribution in [0, 0.1) is 0 Å². The van der Waals surface area contributed by atoms with Gasteiger partial charge < -0.3 is 25.0 Å². The summed E-state index contributed by atoms with van der Waals surface area (Å²) in [5.41, 5.74) is 4.36. The van der Waals surface area contributed by atoms with Crippen molar-refractivity contribution in [2.75, 3.05) is 33.2 Å². The first-order valence-electron chi connectivity index (χ1n) is 13.5. The summed E-state index contributed by atoms with van der Waals surface area (Å²) in [6, 6.07) is 10.4. The van der Waals surface area contributed by atoms with Crippen LogP contribution in [-0.4, -0.2) is 64.3 Å². The van der Waals surface area contributed by atoms with Gasteiger partial charge in [-0.15, -0.1) is 0 Å². The Kier molecular flexibility index (Phi) is 9.46. The van der Waals surface area contributed by atoms with E-state index in [2.05, 4.69) is 40.9 Å². The maximum atomic E-state index is 11.5. The lowest BCUT2D eigenvalue weighted by Gasteiger charge is -2.35. The number of hydrogen-bond acceptors (Lipinski definition) is 6. The summed E-state index contributed by atoms with van der Waals surface area (Å²) in [7, 11) is 2.20. The molecule has 0 aliphatic heterocycles. The van der Waals surface area contributed by atoms with Crippen molar-refractivity contribution in [3.05, 3.63) is 56.7 Å². The van der Waals surface area contributed by atoms with Crippen LogP contribution < -0.4 is 4.87 Å². The number of benzene rings is 2. The first kappa shape index (κ1) is 26.7. The predicted octanol–water partition coefficient (Wildman–Crippen LogP) is 5.31. The molecule has 0 radical (unpaired) electrons. The molecule has 1 aromatic heterocycles. The SMILES string of the molecule is CCCN(CCCCCCN(C)CCc1ccc2[nH]c(=O)sc2c1)[C@H]1CCc2c(ccc(O)c2O)C1. The molecule has 1 atom stereocenters. The van der Waals surface area contributed by atoms with Gasteiger partial charge in [0.1, 0.15) is 0 Å². The third-order valence-corrected chi connectivity index (χ3v) is 8.42. The van der Waals surface area contributed by atoms with E-state index < -0.39 is 0 Å². The van der Waals surface area contributed by atoms with Crippen molar-refractivity contribution >= 4 is 21.6 Å². The number of likely N-dealkylation sites (N-methyl/N-ethyl adjacent to an activating group) is 1. The average molecular weight is 512 g/mol. The predicted molar refractivity (Wildman–Crippen MR) is 150 cm³/mol. The normalized spacial score (nSPS) is 15.7. The van der Waals surface area contributed by atoms with Crippen LogP contribution in [0.4, 0.5) is 0 Å². The molecule has 7 heteroatoms. The number of aromatic nitrogens is 1. The van der Waals surface area contributed by atoms with E-state index in [1.165, 1.54) is 48.1 Å². The van der Waals surface area contributed by atoms with Crippen molar-refractivity contribution in [3.8, 4) is 11.5 Å². The van der Waals surface area contributed by atoms with Gasteiger partial charge in [-0.2, -0.15) is 0 Å². The van der Waals surface area contributed by atoms with E-state index >= 15 is 0 Å². The summed E-state index contributed by atoms with van der Waals surface area (Å²) < 4.78 is 1.05. The number of hydrogen-bond donors (Lipinski definition) is 3. The smallest absolute Gasteiger partial charge is 0.305 e. The summed E-state index contributed by atoms with van der Waals surface area (Å²) in [4.78, 5) is 19.5. The van der Waals surface area contributed by atoms with Crippen LogP contribution in [0.2, 0.25) is 0 Å². The number of nitrogens with zero attached hydrogens (tertiary/aromatic N) is 2. The van der Waals surface area contributed by atoms with E-state index in [1.807, 2.05) is 12.1 Å². The molecule has 3 aromatic rings. The monoisotopic (exact) mass is 511 g/mol. The molecule has 0 unspecified atom stereocenters. The van der Waals surface area contributed by atoms with Crippen LogP contribution in [0.5, 0.6) is 11.5 Å². The van der Waals surface area contributed by atoms with Gasteiger partial charge in [0, 0.05) is 18.2 Å². The molecule has 1 heterocycles. The minimum Gasteiger partial charge on any atom is -0.504 e. The number of nitrogens with one attached hydrogen (secondary N) is 1. The van der Waals surface area contributed by atoms with Crippen molar-refractivity contribution < 1.29 is 10.2 Å². The highest BCUT2D eigenvalue weighted by Crippen LogP contribution is 2.36. The van der Waals surface area contributed by atoms with E-state index in [1.54, 1.807) is 6.07 Å². The number of aromatic hydroxyl groups is 2. The Morgan fingerprint density at radius 3 is 2.64 bits per heavy atom. The van der Waals surface area contributed by atoms with Crippen LogP contribution in [0.15, 0.2) is 35.1 Å². The number of phenols is 2. The number of fused-ring (bicyclic) bond motifs is 2. The van der Waals surface area contributed by atoms with Gasteiger partial charge in [0.25, 0.3) is 0 Å². The quantitative estimate of drug-likeness (QED) is 0.214. The van der Waals surface area contributed by atoms with Crippen molar-refractivity contribution in [2.24, 2.45) is 0 Å². The lowest BCUT2D eigenvalue weighted by atomic mass is 9.86. The van der Waals surface area contributed by atoms with E-state index in [0.717, 1.165) is 74.1 Å². The van der Waals surface area contributed by atoms with Gasteiger partial charge in [-0.3, -0.25) is 4.79 Å². The second-order valence-electron chi connectivity index (χ2n) is 10.3. The van der Waals surface area contributed by atoms with Crippen molar-refractivity contribution in [2.45, 2.75) is 70.8 Å². The highest BCUT2D eigenvalue weighted by atomic mass is 32.1. The number of H-pyrrole nitrogens is 1. The molecule has 0 amide bonds. The van der Waals surface area contributed by atoms with Gasteiger partial charge in [-0.25, -0.2) is 0 Å². The van der Waals surface area contributed by atoms with Crippen molar-refractivity contribution in [1.29, 1.82) is 0 Å². The highest BCUT2D eigenvalue weighted by molar-refractivity contribution is 7.16. The van der Waals surface area contributed by atoms with Crippen molar-refractivity contribution in [3.63, 3.8) is 0 Å². The van der Waals surface area contributed by atoms with Crippen LogP contribution in [0.25, 0.3) is 10.2 Å². The number of phenolic OH excluding ortho intramolecular Hbond substituents is 2. The largest absolute Gasteiger partial charge is 0.504 e. The zero-order valence-corrected chi connectivity index (χ0v) is 22.6. The highest BCUT2D eigenvalue weighted by Gasteiger charge is 2.26. The Morgan fingerprint density at radius 1 is 1.03 bits per heavy atom.